The van der Waals surface area contributed by atoms with Gasteiger partial charge in [0.05, 0.1) is 33.0 Å². The molecule has 3 rings (SSSR count). The molecule has 0 bridgehead atoms. The van der Waals surface area contributed by atoms with Gasteiger partial charge in [-0.1, -0.05) is 37.4 Å². The predicted molar refractivity (Wildman–Crippen MR) is 135 cm³/mol. The van der Waals surface area contributed by atoms with E-state index in [1.165, 1.54) is 5.56 Å². The quantitative estimate of drug-likeness (QED) is 0.150. The van der Waals surface area contributed by atoms with Gasteiger partial charge in [0.15, 0.2) is 0 Å². The minimum Gasteiger partial charge on any atom is -0.491 e. The zero-order valence-electron chi connectivity index (χ0n) is 20.3. The lowest BCUT2D eigenvalue weighted by Gasteiger charge is -2.22. The molecule has 2 aromatic rings. The van der Waals surface area contributed by atoms with Gasteiger partial charge in [0.1, 0.15) is 31.7 Å². The van der Waals surface area contributed by atoms with E-state index in [0.29, 0.717) is 39.6 Å². The van der Waals surface area contributed by atoms with Crippen LogP contribution < -0.4 is 4.74 Å². The first-order valence-corrected chi connectivity index (χ1v) is 11.8. The summed E-state index contributed by atoms with van der Waals surface area (Å²) in [5.74, 6) is -0.157. The first-order valence-electron chi connectivity index (χ1n) is 11.8. The molecule has 0 aliphatic heterocycles. The molecule has 0 amide bonds. The van der Waals surface area contributed by atoms with Crippen molar-refractivity contribution in [3.05, 3.63) is 78.9 Å². The summed E-state index contributed by atoms with van der Waals surface area (Å²) in [6.45, 7) is 9.29. The SMILES string of the molecule is C=CC(=O)OCCOCCOc1ccc2cc3c(cc2c1)CC=CC3OCCOCCOC(=O)C=C. The monoisotopic (exact) mass is 496 g/mol. The molecule has 192 valence electrons. The lowest BCUT2D eigenvalue weighted by molar-refractivity contribution is -0.140. The van der Waals surface area contributed by atoms with E-state index in [0.717, 1.165) is 40.7 Å². The number of hydrogen-bond acceptors (Lipinski definition) is 8. The van der Waals surface area contributed by atoms with Gasteiger partial charge in [-0.15, -0.1) is 0 Å². The van der Waals surface area contributed by atoms with Crippen LogP contribution in [0, 0.1) is 0 Å². The van der Waals surface area contributed by atoms with Crippen LogP contribution in [0.15, 0.2) is 67.8 Å². The van der Waals surface area contributed by atoms with E-state index in [1.807, 2.05) is 18.2 Å². The molecule has 1 unspecified atom stereocenters. The summed E-state index contributed by atoms with van der Waals surface area (Å²) in [6, 6.07) is 10.3. The van der Waals surface area contributed by atoms with Gasteiger partial charge < -0.3 is 28.4 Å². The Morgan fingerprint density at radius 1 is 0.806 bits per heavy atom. The molecule has 8 nitrogen and oxygen atoms in total. The van der Waals surface area contributed by atoms with Crippen molar-refractivity contribution in [3.63, 3.8) is 0 Å². The van der Waals surface area contributed by atoms with Crippen LogP contribution in [0.1, 0.15) is 17.2 Å². The Bertz CT molecular complexity index is 1070. The second-order valence-electron chi connectivity index (χ2n) is 7.80. The maximum atomic E-state index is 11.0. The van der Waals surface area contributed by atoms with Crippen molar-refractivity contribution in [3.8, 4) is 5.75 Å². The van der Waals surface area contributed by atoms with E-state index in [-0.39, 0.29) is 19.3 Å². The van der Waals surface area contributed by atoms with Crippen LogP contribution >= 0.6 is 0 Å². The van der Waals surface area contributed by atoms with Crippen molar-refractivity contribution < 1.29 is 38.0 Å². The maximum absolute atomic E-state index is 11.0. The van der Waals surface area contributed by atoms with Crippen LogP contribution in [-0.4, -0.2) is 64.8 Å². The standard InChI is InChI=1S/C28H32O8/c1-3-27(29)35-16-12-31-10-14-33-24-9-8-21-20-25-22(18-23(21)19-24)6-5-7-26(25)34-15-11-32-13-17-36-28(30)4-2/h3-5,7-9,18-20,26H,1-2,6,10-17H2. The summed E-state index contributed by atoms with van der Waals surface area (Å²) >= 11 is 0. The van der Waals surface area contributed by atoms with Gasteiger partial charge in [-0.25, -0.2) is 9.59 Å². The average Bonchev–Trinajstić information content (AvgIpc) is 2.90. The lowest BCUT2D eigenvalue weighted by atomic mass is 9.91. The molecule has 0 saturated heterocycles. The van der Waals surface area contributed by atoms with E-state index in [4.69, 9.17) is 28.4 Å². The fraction of sp³-hybridized carbons (Fsp3) is 0.357. The normalized spacial score (nSPS) is 14.2. The number of allylic oxidation sites excluding steroid dienone is 1. The number of rotatable bonds is 16. The van der Waals surface area contributed by atoms with Gasteiger partial charge in [0.2, 0.25) is 0 Å². The van der Waals surface area contributed by atoms with Crippen molar-refractivity contribution in [2.24, 2.45) is 0 Å². The zero-order valence-corrected chi connectivity index (χ0v) is 20.3. The van der Waals surface area contributed by atoms with E-state index in [1.54, 1.807) is 0 Å². The lowest BCUT2D eigenvalue weighted by Crippen LogP contribution is -2.14. The van der Waals surface area contributed by atoms with Crippen molar-refractivity contribution in [2.45, 2.75) is 12.5 Å². The average molecular weight is 497 g/mol. The molecule has 2 aromatic carbocycles. The fourth-order valence-corrected chi connectivity index (χ4v) is 3.62. The second-order valence-corrected chi connectivity index (χ2v) is 7.80. The van der Waals surface area contributed by atoms with Gasteiger partial charge >= 0.3 is 11.9 Å². The number of carbonyl (C=O) groups excluding carboxylic acids is 2. The van der Waals surface area contributed by atoms with Crippen LogP contribution in [-0.2, 0) is 39.7 Å². The number of benzene rings is 2. The predicted octanol–water partition coefficient (Wildman–Crippen LogP) is 3.88. The zero-order chi connectivity index (χ0) is 25.6. The summed E-state index contributed by atoms with van der Waals surface area (Å²) < 4.78 is 32.4. The van der Waals surface area contributed by atoms with E-state index in [9.17, 15) is 9.59 Å². The largest absolute Gasteiger partial charge is 0.491 e. The van der Waals surface area contributed by atoms with Crippen LogP contribution in [0.5, 0.6) is 5.75 Å². The highest BCUT2D eigenvalue weighted by Crippen LogP contribution is 2.33. The number of ether oxygens (including phenoxy) is 6. The fourth-order valence-electron chi connectivity index (χ4n) is 3.62. The molecule has 0 spiro atoms. The molecule has 0 N–H and O–H groups in total. The molecule has 0 fully saturated rings. The van der Waals surface area contributed by atoms with Crippen molar-refractivity contribution >= 4 is 22.7 Å². The minimum absolute atomic E-state index is 0.140. The smallest absolute Gasteiger partial charge is 0.330 e. The molecule has 0 heterocycles. The van der Waals surface area contributed by atoms with E-state index >= 15 is 0 Å². The molecule has 36 heavy (non-hydrogen) atoms. The van der Waals surface area contributed by atoms with Crippen LogP contribution in [0.3, 0.4) is 0 Å². The molecule has 8 heteroatoms. The first kappa shape index (κ1) is 27.1. The van der Waals surface area contributed by atoms with Gasteiger partial charge in [-0.3, -0.25) is 0 Å². The molecule has 0 aromatic heterocycles. The molecular formula is C28H32O8. The second kappa shape index (κ2) is 14.8. The summed E-state index contributed by atoms with van der Waals surface area (Å²) in [6.07, 6.45) is 7.12. The Morgan fingerprint density at radius 2 is 1.47 bits per heavy atom. The van der Waals surface area contributed by atoms with E-state index < -0.39 is 11.9 Å². The highest BCUT2D eigenvalue weighted by Gasteiger charge is 2.17. The summed E-state index contributed by atoms with van der Waals surface area (Å²) in [7, 11) is 0. The summed E-state index contributed by atoms with van der Waals surface area (Å²) in [5.41, 5.74) is 2.35. The Balaban J connectivity index is 1.44. The summed E-state index contributed by atoms with van der Waals surface area (Å²) in [4.78, 5) is 22.0. The number of esters is 2. The summed E-state index contributed by atoms with van der Waals surface area (Å²) in [5, 5.41) is 2.19. The third-order valence-electron chi connectivity index (χ3n) is 5.32. The van der Waals surface area contributed by atoms with Gasteiger partial charge in [-0.05, 0) is 46.5 Å². The van der Waals surface area contributed by atoms with Gasteiger partial charge in [0, 0.05) is 12.2 Å². The Hall–Kier alpha value is -3.46. The number of carbonyl (C=O) groups is 2. The number of fused-ring (bicyclic) bond motifs is 2. The molecular weight excluding hydrogens is 464 g/mol. The van der Waals surface area contributed by atoms with Crippen LogP contribution in [0.4, 0.5) is 0 Å². The van der Waals surface area contributed by atoms with Crippen LogP contribution in [0.2, 0.25) is 0 Å². The highest BCUT2D eigenvalue weighted by molar-refractivity contribution is 5.86. The number of hydrogen-bond donors (Lipinski definition) is 0. The first-order chi connectivity index (χ1) is 17.6. The third kappa shape index (κ3) is 8.64. The molecule has 1 aliphatic carbocycles. The Labute approximate surface area is 211 Å². The van der Waals surface area contributed by atoms with Gasteiger partial charge in [-0.2, -0.15) is 0 Å². The van der Waals surface area contributed by atoms with E-state index in [2.05, 4.69) is 37.4 Å². The van der Waals surface area contributed by atoms with Crippen molar-refractivity contribution in [1.29, 1.82) is 0 Å². The van der Waals surface area contributed by atoms with Crippen molar-refractivity contribution in [2.75, 3.05) is 52.9 Å². The molecule has 0 saturated carbocycles. The third-order valence-corrected chi connectivity index (χ3v) is 5.32. The molecule has 0 radical (unpaired) electrons. The molecule has 1 atom stereocenters. The Morgan fingerprint density at radius 3 is 2.17 bits per heavy atom. The minimum atomic E-state index is -0.462. The topological polar surface area (TPSA) is 89.5 Å². The maximum Gasteiger partial charge on any atom is 0.330 e. The van der Waals surface area contributed by atoms with Crippen molar-refractivity contribution in [1.82, 2.24) is 0 Å². The van der Waals surface area contributed by atoms with Gasteiger partial charge in [0.25, 0.3) is 0 Å². The highest BCUT2D eigenvalue weighted by atomic mass is 16.6. The van der Waals surface area contributed by atoms with Crippen LogP contribution in [0.25, 0.3) is 10.8 Å². The Kier molecular flexibility index (Phi) is 11.2. The molecule has 1 aliphatic rings.